The van der Waals surface area contributed by atoms with Gasteiger partial charge in [-0.25, -0.2) is 19.0 Å². The molecule has 6 aromatic rings. The predicted molar refractivity (Wildman–Crippen MR) is 236 cm³/mol. The van der Waals surface area contributed by atoms with Gasteiger partial charge in [0.1, 0.15) is 33.8 Å². The van der Waals surface area contributed by atoms with Crippen molar-refractivity contribution in [3.8, 4) is 11.5 Å². The molecule has 0 aliphatic carbocycles. The number of fused-ring (bicyclic) bond motifs is 4. The Kier molecular flexibility index (Phi) is 11.0. The number of hydrogen-bond donors (Lipinski definition) is 2. The van der Waals surface area contributed by atoms with Crippen molar-refractivity contribution >= 4 is 45.9 Å². The maximum Gasteiger partial charge on any atom is 0.261 e. The minimum atomic E-state index is -0.250. The second-order valence-electron chi connectivity index (χ2n) is 17.4. The molecule has 16 nitrogen and oxygen atoms in total. The van der Waals surface area contributed by atoms with Crippen LogP contribution in [0.25, 0.3) is 11.3 Å². The Balaban J connectivity index is 0.000000158. The van der Waals surface area contributed by atoms with Crippen molar-refractivity contribution in [2.24, 2.45) is 11.8 Å². The highest BCUT2D eigenvalue weighted by atomic mass is 16.5. The van der Waals surface area contributed by atoms with Crippen molar-refractivity contribution in [3.63, 3.8) is 0 Å². The lowest BCUT2D eigenvalue weighted by Gasteiger charge is -2.31. The Morgan fingerprint density at radius 1 is 0.629 bits per heavy atom. The molecule has 2 amide bonds. The van der Waals surface area contributed by atoms with E-state index >= 15 is 0 Å². The van der Waals surface area contributed by atoms with Gasteiger partial charge in [-0.2, -0.15) is 10.2 Å². The molecular weight excluding hydrogens is 789 g/mol. The van der Waals surface area contributed by atoms with Gasteiger partial charge in [0.05, 0.1) is 61.6 Å². The summed E-state index contributed by atoms with van der Waals surface area (Å²) in [6.07, 6.45) is 11.6. The lowest BCUT2D eigenvalue weighted by atomic mass is 9.88. The molecule has 0 bridgehead atoms. The molecule has 2 atom stereocenters. The highest BCUT2D eigenvalue weighted by molar-refractivity contribution is 6.10. The molecule has 0 saturated carbocycles. The summed E-state index contributed by atoms with van der Waals surface area (Å²) in [6.45, 7) is 18.7. The first-order valence-corrected chi connectivity index (χ1v) is 21.5. The van der Waals surface area contributed by atoms with E-state index in [1.807, 2.05) is 0 Å². The zero-order valence-electron chi connectivity index (χ0n) is 36.2. The number of nitrogens with zero attached hydrogens (tertiary/aromatic N) is 8. The second-order valence-corrected chi connectivity index (χ2v) is 17.4. The first-order chi connectivity index (χ1) is 29.9. The predicted octanol–water partition coefficient (Wildman–Crippen LogP) is 6.34. The van der Waals surface area contributed by atoms with Crippen molar-refractivity contribution in [2.45, 2.75) is 65.6 Å². The van der Waals surface area contributed by atoms with E-state index in [2.05, 4.69) is 106 Å². The summed E-state index contributed by atoms with van der Waals surface area (Å²) in [5, 5.41) is 14.7. The normalized spacial score (nSPS) is 20.7. The molecule has 4 aliphatic rings. The fraction of sp³-hybridized carbons (Fsp3) is 0.435. The molecule has 16 heteroatoms. The average molecular weight is 843 g/mol. The van der Waals surface area contributed by atoms with Crippen LogP contribution in [0, 0.1) is 11.8 Å². The monoisotopic (exact) mass is 842 g/mol. The average Bonchev–Trinajstić information content (AvgIpc) is 4.06. The van der Waals surface area contributed by atoms with Crippen LogP contribution in [0.1, 0.15) is 73.4 Å². The summed E-state index contributed by atoms with van der Waals surface area (Å²) in [5.74, 6) is 2.08. The maximum absolute atomic E-state index is 13.2. The molecule has 2 fully saturated rings. The maximum atomic E-state index is 13.2. The van der Waals surface area contributed by atoms with E-state index in [9.17, 15) is 9.59 Å². The molecule has 10 rings (SSSR count). The fourth-order valence-corrected chi connectivity index (χ4v) is 8.36. The molecule has 324 valence electrons. The fourth-order valence-electron chi connectivity index (χ4n) is 8.36. The van der Waals surface area contributed by atoms with Crippen LogP contribution in [0.5, 0.6) is 11.5 Å². The molecule has 8 heterocycles. The van der Waals surface area contributed by atoms with Gasteiger partial charge < -0.3 is 39.4 Å². The van der Waals surface area contributed by atoms with Gasteiger partial charge in [-0.05, 0) is 49.9 Å². The number of anilines is 4. The zero-order chi connectivity index (χ0) is 43.2. The summed E-state index contributed by atoms with van der Waals surface area (Å²) in [6, 6.07) is 11.8. The lowest BCUT2D eigenvalue weighted by molar-refractivity contribution is 0.0644. The third-order valence-electron chi connectivity index (χ3n) is 12.8. The smallest absolute Gasteiger partial charge is 0.261 e. The van der Waals surface area contributed by atoms with Crippen LogP contribution >= 0.6 is 0 Å². The summed E-state index contributed by atoms with van der Waals surface area (Å²) >= 11 is 0. The topological polar surface area (TPSA) is 162 Å². The molecule has 2 N–H and O–H groups in total. The van der Waals surface area contributed by atoms with Crippen LogP contribution in [-0.2, 0) is 22.3 Å². The van der Waals surface area contributed by atoms with Crippen molar-refractivity contribution < 1.29 is 28.5 Å². The summed E-state index contributed by atoms with van der Waals surface area (Å²) < 4.78 is 27.0. The Morgan fingerprint density at radius 2 is 1.03 bits per heavy atom. The van der Waals surface area contributed by atoms with E-state index in [-0.39, 0.29) is 23.0 Å². The van der Waals surface area contributed by atoms with Gasteiger partial charge in [0.15, 0.2) is 11.3 Å². The van der Waals surface area contributed by atoms with E-state index in [4.69, 9.17) is 18.9 Å². The van der Waals surface area contributed by atoms with Gasteiger partial charge in [0, 0.05) is 87.1 Å². The largest absolute Gasteiger partial charge is 0.487 e. The number of morpholine rings is 2. The summed E-state index contributed by atoms with van der Waals surface area (Å²) in [5.41, 5.74) is 7.13. The molecule has 2 saturated heterocycles. The molecule has 0 spiro atoms. The molecule has 62 heavy (non-hydrogen) atoms. The summed E-state index contributed by atoms with van der Waals surface area (Å²) in [4.78, 5) is 39.4. The van der Waals surface area contributed by atoms with Gasteiger partial charge >= 0.3 is 0 Å². The molecule has 4 aromatic heterocycles. The van der Waals surface area contributed by atoms with Crippen LogP contribution in [0.2, 0.25) is 0 Å². The number of ether oxygens (including phenoxy) is 4. The minimum absolute atomic E-state index is 0.228. The molecule has 0 radical (unpaired) electrons. The number of aromatic nitrogens is 6. The number of benzene rings is 2. The van der Waals surface area contributed by atoms with Crippen LogP contribution in [0.4, 0.5) is 22.7 Å². The summed E-state index contributed by atoms with van der Waals surface area (Å²) in [7, 11) is 0. The van der Waals surface area contributed by atoms with E-state index in [1.54, 1.807) is 58.3 Å². The molecular formula is C46H54N10O6. The Morgan fingerprint density at radius 3 is 1.42 bits per heavy atom. The zero-order valence-corrected chi connectivity index (χ0v) is 36.2. The van der Waals surface area contributed by atoms with Crippen LogP contribution < -0.4 is 29.9 Å². The van der Waals surface area contributed by atoms with Gasteiger partial charge in [-0.3, -0.25) is 9.59 Å². The van der Waals surface area contributed by atoms with Crippen LogP contribution in [0.3, 0.4) is 0 Å². The SMILES string of the molecule is CC(C)[C@@]1(C)Cc2cc(NC(=O)c3cnn4cccnc34)c(N3CCOCC3)cc2O1.CC(C)[C@]1(C)Cc2cc(NC(=O)c3cnn4cccnc34)c(N3CCOCC3)cc2O1. The van der Waals surface area contributed by atoms with Crippen molar-refractivity contribution in [3.05, 3.63) is 95.8 Å². The van der Waals surface area contributed by atoms with E-state index in [0.29, 0.717) is 60.7 Å². The Labute approximate surface area is 360 Å². The first kappa shape index (κ1) is 41.1. The number of rotatable bonds is 8. The molecule has 0 unspecified atom stereocenters. The van der Waals surface area contributed by atoms with E-state index in [0.717, 1.165) is 84.4 Å². The van der Waals surface area contributed by atoms with Crippen molar-refractivity contribution in [1.82, 2.24) is 29.2 Å². The van der Waals surface area contributed by atoms with E-state index in [1.165, 1.54) is 0 Å². The number of nitrogens with one attached hydrogen (secondary N) is 2. The Hall–Kier alpha value is -6.26. The third kappa shape index (κ3) is 7.88. The Bertz CT molecular complexity index is 2450. The number of hydrogen-bond acceptors (Lipinski definition) is 12. The molecule has 2 aromatic carbocycles. The standard InChI is InChI=1S/2C23H27N5O3/c2*1-15(2)23(3)13-16-11-18(19(12-20(16)31-23)27-7-9-30-10-8-27)26-22(29)17-14-25-28-6-4-5-24-21(17)28/h2*4-6,11-12,14-15H,7-10,13H2,1-3H3,(H,26,29)/t2*23-/m10/s1. The quantitative estimate of drug-likeness (QED) is 0.175. The van der Waals surface area contributed by atoms with Crippen molar-refractivity contribution in [1.29, 1.82) is 0 Å². The van der Waals surface area contributed by atoms with Crippen LogP contribution in [-0.4, -0.2) is 105 Å². The number of amides is 2. The second kappa shape index (κ2) is 16.5. The van der Waals surface area contributed by atoms with E-state index < -0.39 is 0 Å². The highest BCUT2D eigenvalue weighted by Gasteiger charge is 2.40. The first-order valence-electron chi connectivity index (χ1n) is 21.5. The lowest BCUT2D eigenvalue weighted by Crippen LogP contribution is -2.37. The minimum Gasteiger partial charge on any atom is -0.487 e. The number of carbonyl (C=O) groups is 2. The van der Waals surface area contributed by atoms with Gasteiger partial charge in [-0.1, -0.05) is 27.7 Å². The molecule has 4 aliphatic heterocycles. The van der Waals surface area contributed by atoms with Crippen LogP contribution in [0.15, 0.2) is 73.6 Å². The van der Waals surface area contributed by atoms with Gasteiger partial charge in [0.2, 0.25) is 0 Å². The van der Waals surface area contributed by atoms with Gasteiger partial charge in [0.25, 0.3) is 11.8 Å². The van der Waals surface area contributed by atoms with Gasteiger partial charge in [-0.15, -0.1) is 0 Å². The number of carbonyl (C=O) groups excluding carboxylic acids is 2. The highest BCUT2D eigenvalue weighted by Crippen LogP contribution is 2.46. The van der Waals surface area contributed by atoms with Crippen molar-refractivity contribution in [2.75, 3.05) is 73.0 Å². The third-order valence-corrected chi connectivity index (χ3v) is 12.8.